The van der Waals surface area contributed by atoms with Crippen molar-refractivity contribution in [3.63, 3.8) is 0 Å². The smallest absolute Gasteiger partial charge is 0.268 e. The summed E-state index contributed by atoms with van der Waals surface area (Å²) in [6.45, 7) is 1.82. The lowest BCUT2D eigenvalue weighted by atomic mass is 9.99. The molecule has 3 aromatic rings. The zero-order valence-electron chi connectivity index (χ0n) is 23.1. The van der Waals surface area contributed by atoms with E-state index in [-0.39, 0.29) is 30.0 Å². The van der Waals surface area contributed by atoms with E-state index in [1.54, 1.807) is 18.2 Å². The number of ether oxygens (including phenoxy) is 1. The number of ketones is 1. The summed E-state index contributed by atoms with van der Waals surface area (Å²) in [6, 6.07) is 11.7. The molecule has 1 amide bonds. The number of Topliss-reactive ketones (excluding diaryl/α,β-unsaturated/α-hetero) is 1. The number of aromatic nitrogens is 2. The van der Waals surface area contributed by atoms with Gasteiger partial charge in [-0.2, -0.15) is 4.98 Å². The van der Waals surface area contributed by atoms with Gasteiger partial charge in [0, 0.05) is 49.0 Å². The molecule has 1 aromatic heterocycles. The summed E-state index contributed by atoms with van der Waals surface area (Å²) in [5, 5.41) is 3.93. The first-order chi connectivity index (χ1) is 19.8. The van der Waals surface area contributed by atoms with Crippen molar-refractivity contribution in [2.24, 2.45) is 5.92 Å². The summed E-state index contributed by atoms with van der Waals surface area (Å²) >= 11 is 12.6. The van der Waals surface area contributed by atoms with Gasteiger partial charge in [-0.15, -0.1) is 0 Å². The minimum absolute atomic E-state index is 0.0849. The third-order valence-electron chi connectivity index (χ3n) is 8.04. The van der Waals surface area contributed by atoms with E-state index < -0.39 is 0 Å². The number of carbonyl (C=O) groups is 2. The second kappa shape index (κ2) is 11.5. The van der Waals surface area contributed by atoms with E-state index in [4.69, 9.17) is 27.9 Å². The number of nitrogens with zero attached hydrogens (tertiary/aromatic N) is 5. The van der Waals surface area contributed by atoms with Crippen molar-refractivity contribution in [3.05, 3.63) is 63.8 Å². The molecule has 41 heavy (non-hydrogen) atoms. The lowest BCUT2D eigenvalue weighted by Crippen LogP contribution is -2.42. The fraction of sp³-hybridized carbons (Fsp3) is 0.400. The van der Waals surface area contributed by atoms with Gasteiger partial charge in [-0.25, -0.2) is 4.98 Å². The molecule has 0 spiro atoms. The van der Waals surface area contributed by atoms with Crippen LogP contribution in [0.4, 0.5) is 23.0 Å². The van der Waals surface area contributed by atoms with Crippen LogP contribution < -0.4 is 19.9 Å². The molecule has 2 aromatic carbocycles. The summed E-state index contributed by atoms with van der Waals surface area (Å²) < 4.78 is 5.82. The number of carbonyl (C=O) groups excluding carboxylic acids is 2. The minimum Gasteiger partial charge on any atom is -0.455 e. The molecule has 2 fully saturated rings. The average molecular weight is 596 g/mol. The molecule has 0 radical (unpaired) electrons. The molecule has 9 nitrogen and oxygen atoms in total. The topological polar surface area (TPSA) is 90.9 Å². The lowest BCUT2D eigenvalue weighted by Gasteiger charge is -2.37. The molecule has 1 saturated heterocycles. The molecule has 3 heterocycles. The van der Waals surface area contributed by atoms with Gasteiger partial charge in [0.2, 0.25) is 11.8 Å². The van der Waals surface area contributed by atoms with Crippen LogP contribution in [0.1, 0.15) is 41.6 Å². The summed E-state index contributed by atoms with van der Waals surface area (Å²) in [4.78, 5) is 41.0. The Hall–Kier alpha value is -3.40. The number of para-hydroxylation sites is 1. The number of amides is 1. The first kappa shape index (κ1) is 27.8. The minimum atomic E-state index is -0.351. The molecule has 1 N–H and O–H groups in total. The molecule has 0 unspecified atom stereocenters. The third kappa shape index (κ3) is 5.84. The highest BCUT2D eigenvalue weighted by Gasteiger charge is 2.32. The summed E-state index contributed by atoms with van der Waals surface area (Å²) in [5.41, 5.74) is 3.48. The Morgan fingerprint density at radius 1 is 1.10 bits per heavy atom. The van der Waals surface area contributed by atoms with Crippen molar-refractivity contribution < 1.29 is 14.3 Å². The van der Waals surface area contributed by atoms with E-state index in [0.717, 1.165) is 55.7 Å². The van der Waals surface area contributed by atoms with Crippen molar-refractivity contribution in [3.8, 4) is 5.88 Å². The normalized spacial score (nSPS) is 17.4. The fourth-order valence-electron chi connectivity index (χ4n) is 5.53. The second-order valence-corrected chi connectivity index (χ2v) is 11.9. The monoisotopic (exact) mass is 594 g/mol. The predicted octanol–water partition coefficient (Wildman–Crippen LogP) is 5.58. The van der Waals surface area contributed by atoms with Crippen LogP contribution in [0.5, 0.6) is 5.88 Å². The maximum absolute atomic E-state index is 13.2. The molecule has 0 bridgehead atoms. The van der Waals surface area contributed by atoms with Crippen LogP contribution in [-0.2, 0) is 11.2 Å². The largest absolute Gasteiger partial charge is 0.455 e. The molecular weight excluding hydrogens is 563 g/mol. The van der Waals surface area contributed by atoms with Crippen molar-refractivity contribution in [2.45, 2.75) is 38.1 Å². The summed E-state index contributed by atoms with van der Waals surface area (Å²) in [7, 11) is 4.27. The van der Waals surface area contributed by atoms with Gasteiger partial charge in [0.1, 0.15) is 11.3 Å². The number of anilines is 4. The Morgan fingerprint density at radius 3 is 2.51 bits per heavy atom. The second-order valence-electron chi connectivity index (χ2n) is 11.1. The number of benzene rings is 2. The van der Waals surface area contributed by atoms with Crippen LogP contribution in [0.3, 0.4) is 0 Å². The quantitative estimate of drug-likeness (QED) is 0.361. The van der Waals surface area contributed by atoms with Gasteiger partial charge in [0.15, 0.2) is 6.73 Å². The zero-order valence-corrected chi connectivity index (χ0v) is 24.6. The van der Waals surface area contributed by atoms with Crippen LogP contribution in [0.15, 0.2) is 42.6 Å². The number of hydrogen-bond acceptors (Lipinski definition) is 8. The van der Waals surface area contributed by atoms with Crippen LogP contribution >= 0.6 is 23.2 Å². The van der Waals surface area contributed by atoms with Crippen LogP contribution in [-0.4, -0.2) is 66.5 Å². The molecule has 0 atom stereocenters. The van der Waals surface area contributed by atoms with E-state index in [1.165, 1.54) is 11.1 Å². The Kier molecular flexibility index (Phi) is 7.76. The number of halogens is 2. The SMILES string of the molecule is CN(C)C1CCN(c2ccc(Nc3ncc4c(n3)OCN(c3c(Cl)cccc3Cl)C4=O)cc2CC(=O)C2CC2)CC1. The van der Waals surface area contributed by atoms with Crippen LogP contribution in [0, 0.1) is 5.92 Å². The number of piperidine rings is 1. The Morgan fingerprint density at radius 2 is 1.83 bits per heavy atom. The highest BCUT2D eigenvalue weighted by molar-refractivity contribution is 6.40. The van der Waals surface area contributed by atoms with Gasteiger partial charge in [0.25, 0.3) is 5.91 Å². The first-order valence-electron chi connectivity index (χ1n) is 13.9. The maximum atomic E-state index is 13.2. The van der Waals surface area contributed by atoms with Crippen molar-refractivity contribution in [2.75, 3.05) is 49.0 Å². The maximum Gasteiger partial charge on any atom is 0.268 e. The van der Waals surface area contributed by atoms with E-state index >= 15 is 0 Å². The average Bonchev–Trinajstić information content (AvgIpc) is 3.80. The predicted molar refractivity (Wildman–Crippen MR) is 161 cm³/mol. The first-order valence-corrected chi connectivity index (χ1v) is 14.6. The number of hydrogen-bond donors (Lipinski definition) is 1. The van der Waals surface area contributed by atoms with E-state index in [9.17, 15) is 9.59 Å². The molecule has 6 rings (SSSR count). The lowest BCUT2D eigenvalue weighted by molar-refractivity contribution is -0.119. The molecule has 214 valence electrons. The highest BCUT2D eigenvalue weighted by Crippen LogP contribution is 2.38. The van der Waals surface area contributed by atoms with Gasteiger partial charge < -0.3 is 19.9 Å². The van der Waals surface area contributed by atoms with E-state index in [2.05, 4.69) is 45.2 Å². The van der Waals surface area contributed by atoms with Crippen molar-refractivity contribution in [1.82, 2.24) is 14.9 Å². The van der Waals surface area contributed by atoms with Gasteiger partial charge in [-0.3, -0.25) is 14.5 Å². The third-order valence-corrected chi connectivity index (χ3v) is 8.65. The van der Waals surface area contributed by atoms with Crippen LogP contribution in [0.25, 0.3) is 0 Å². The molecule has 3 aliphatic rings. The summed E-state index contributed by atoms with van der Waals surface area (Å²) in [6.07, 6.45) is 6.00. The Labute approximate surface area is 249 Å². The van der Waals surface area contributed by atoms with Gasteiger partial charge in [-0.1, -0.05) is 29.3 Å². The highest BCUT2D eigenvalue weighted by atomic mass is 35.5. The van der Waals surface area contributed by atoms with E-state index in [0.29, 0.717) is 39.9 Å². The Bertz CT molecular complexity index is 1470. The number of rotatable bonds is 8. The van der Waals surface area contributed by atoms with Crippen LogP contribution in [0.2, 0.25) is 10.0 Å². The van der Waals surface area contributed by atoms with Crippen molar-refractivity contribution >= 4 is 57.9 Å². The van der Waals surface area contributed by atoms with E-state index in [1.807, 2.05) is 12.1 Å². The summed E-state index contributed by atoms with van der Waals surface area (Å²) in [5.74, 6) is 0.608. The fourth-order valence-corrected chi connectivity index (χ4v) is 6.13. The molecule has 1 aliphatic carbocycles. The Balaban J connectivity index is 1.22. The van der Waals surface area contributed by atoms with Gasteiger partial charge >= 0.3 is 0 Å². The molecule has 2 aliphatic heterocycles. The number of fused-ring (bicyclic) bond motifs is 1. The van der Waals surface area contributed by atoms with Gasteiger partial charge in [0.05, 0.1) is 15.7 Å². The standard InChI is InChI=1S/C30H32Cl2N6O3/c1-36(2)21-10-12-37(13-11-21)25-9-8-20(14-19(25)15-26(39)18-6-7-18)34-30-33-16-22-28(35-30)41-17-38(29(22)40)27-23(31)4-3-5-24(27)32/h3-5,8-9,14,16,18,21H,6-7,10-13,15,17H2,1-2H3,(H,33,34,35). The molecule has 1 saturated carbocycles. The van der Waals surface area contributed by atoms with Gasteiger partial charge in [-0.05, 0) is 75.7 Å². The van der Waals surface area contributed by atoms with Crippen molar-refractivity contribution in [1.29, 1.82) is 0 Å². The zero-order chi connectivity index (χ0) is 28.7. The number of nitrogens with one attached hydrogen (secondary N) is 1. The molecular formula is C30H32Cl2N6O3. The molecule has 11 heteroatoms.